The molecule has 0 spiro atoms. The highest BCUT2D eigenvalue weighted by atomic mass is 19.1. The number of benzene rings is 1. The smallest absolute Gasteiger partial charge is 0.343 e. The van der Waals surface area contributed by atoms with E-state index in [9.17, 15) is 14.0 Å². The van der Waals surface area contributed by atoms with Crippen LogP contribution in [0.3, 0.4) is 0 Å². The van der Waals surface area contributed by atoms with Crippen molar-refractivity contribution in [3.05, 3.63) is 36.0 Å². The standard InChI is InChI=1S/C15H15FN2O3/c1-17-8-11(10-4-2-3-5-12(10)17)13(19)18-7-6-15(16,9-18)14(20)21/h2-5,8H,6-7,9H2,1H3,(H,20,21). The zero-order valence-electron chi connectivity index (χ0n) is 11.5. The first-order valence-electron chi connectivity index (χ1n) is 6.68. The predicted octanol–water partition coefficient (Wildman–Crippen LogP) is 1.82. The Morgan fingerprint density at radius 3 is 2.71 bits per heavy atom. The Hall–Kier alpha value is -2.37. The van der Waals surface area contributed by atoms with Crippen molar-refractivity contribution in [3.63, 3.8) is 0 Å². The van der Waals surface area contributed by atoms with Gasteiger partial charge >= 0.3 is 5.97 Å². The van der Waals surface area contributed by atoms with E-state index in [4.69, 9.17) is 5.11 Å². The van der Waals surface area contributed by atoms with Crippen LogP contribution >= 0.6 is 0 Å². The maximum Gasteiger partial charge on any atom is 0.343 e. The molecule has 1 aromatic heterocycles. The number of rotatable bonds is 2. The van der Waals surface area contributed by atoms with E-state index >= 15 is 0 Å². The van der Waals surface area contributed by atoms with Gasteiger partial charge in [0.1, 0.15) is 0 Å². The third-order valence-corrected chi connectivity index (χ3v) is 4.02. The van der Waals surface area contributed by atoms with Crippen LogP contribution in [0, 0.1) is 0 Å². The second-order valence-corrected chi connectivity index (χ2v) is 5.42. The van der Waals surface area contributed by atoms with Gasteiger partial charge in [0, 0.05) is 37.1 Å². The number of aryl methyl sites for hydroxylation is 1. The lowest BCUT2D eigenvalue weighted by molar-refractivity contribution is -0.149. The summed E-state index contributed by atoms with van der Waals surface area (Å²) >= 11 is 0. The molecule has 0 saturated carbocycles. The molecule has 0 bridgehead atoms. The summed E-state index contributed by atoms with van der Waals surface area (Å²) < 4.78 is 15.9. The molecule has 1 fully saturated rings. The van der Waals surface area contributed by atoms with Crippen molar-refractivity contribution in [3.8, 4) is 0 Å². The molecular formula is C15H15FN2O3. The second kappa shape index (κ2) is 4.58. The summed E-state index contributed by atoms with van der Waals surface area (Å²) in [6, 6.07) is 7.44. The Bertz CT molecular complexity index is 740. The van der Waals surface area contributed by atoms with E-state index < -0.39 is 18.2 Å². The van der Waals surface area contributed by atoms with Gasteiger partial charge in [0.05, 0.1) is 12.1 Å². The molecule has 21 heavy (non-hydrogen) atoms. The lowest BCUT2D eigenvalue weighted by Gasteiger charge is -2.17. The summed E-state index contributed by atoms with van der Waals surface area (Å²) in [4.78, 5) is 24.7. The summed E-state index contributed by atoms with van der Waals surface area (Å²) in [7, 11) is 1.83. The average Bonchev–Trinajstić information content (AvgIpc) is 3.02. The summed E-state index contributed by atoms with van der Waals surface area (Å²) in [5.41, 5.74) is -0.951. The monoisotopic (exact) mass is 290 g/mol. The highest BCUT2D eigenvalue weighted by Gasteiger charge is 2.47. The Morgan fingerprint density at radius 1 is 1.33 bits per heavy atom. The minimum atomic E-state index is -2.33. The molecule has 1 N–H and O–H groups in total. The molecule has 6 heteroatoms. The normalized spacial score (nSPS) is 21.9. The number of nitrogens with zero attached hydrogens (tertiary/aromatic N) is 2. The highest BCUT2D eigenvalue weighted by molar-refractivity contribution is 6.07. The van der Waals surface area contributed by atoms with Crippen LogP contribution in [0.4, 0.5) is 4.39 Å². The van der Waals surface area contributed by atoms with E-state index in [0.29, 0.717) is 5.56 Å². The zero-order valence-corrected chi connectivity index (χ0v) is 11.5. The Morgan fingerprint density at radius 2 is 2.05 bits per heavy atom. The first kappa shape index (κ1) is 13.6. The molecule has 0 radical (unpaired) electrons. The van der Waals surface area contributed by atoms with Gasteiger partial charge in [-0.15, -0.1) is 0 Å². The van der Waals surface area contributed by atoms with Crippen LogP contribution < -0.4 is 0 Å². The summed E-state index contributed by atoms with van der Waals surface area (Å²) in [6.07, 6.45) is 1.53. The number of hydrogen-bond donors (Lipinski definition) is 1. The van der Waals surface area contributed by atoms with Crippen LogP contribution in [0.25, 0.3) is 10.9 Å². The number of halogens is 1. The fraction of sp³-hybridized carbons (Fsp3) is 0.333. The first-order chi connectivity index (χ1) is 9.92. The van der Waals surface area contributed by atoms with Gasteiger partial charge in [0.15, 0.2) is 0 Å². The van der Waals surface area contributed by atoms with Gasteiger partial charge in [-0.3, -0.25) is 4.79 Å². The van der Waals surface area contributed by atoms with Crippen LogP contribution in [0.5, 0.6) is 0 Å². The van der Waals surface area contributed by atoms with Crippen molar-refractivity contribution in [2.45, 2.75) is 12.1 Å². The summed E-state index contributed by atoms with van der Waals surface area (Å²) in [5, 5.41) is 9.69. The molecule has 1 atom stereocenters. The Balaban J connectivity index is 1.94. The number of aromatic nitrogens is 1. The molecule has 5 nitrogen and oxygen atoms in total. The van der Waals surface area contributed by atoms with E-state index in [0.717, 1.165) is 10.9 Å². The number of fused-ring (bicyclic) bond motifs is 1. The molecule has 110 valence electrons. The number of hydrogen-bond acceptors (Lipinski definition) is 2. The minimum Gasteiger partial charge on any atom is -0.479 e. The maximum atomic E-state index is 14.1. The molecule has 0 aliphatic carbocycles. The fourth-order valence-corrected chi connectivity index (χ4v) is 2.80. The largest absolute Gasteiger partial charge is 0.479 e. The zero-order chi connectivity index (χ0) is 15.2. The van der Waals surface area contributed by atoms with Crippen molar-refractivity contribution >= 4 is 22.8 Å². The minimum absolute atomic E-state index is 0.116. The van der Waals surface area contributed by atoms with Gasteiger partial charge < -0.3 is 14.6 Å². The number of carboxylic acids is 1. The average molecular weight is 290 g/mol. The van der Waals surface area contributed by atoms with E-state index in [1.54, 1.807) is 6.20 Å². The molecule has 2 heterocycles. The predicted molar refractivity (Wildman–Crippen MR) is 74.9 cm³/mol. The number of aliphatic carboxylic acids is 1. The van der Waals surface area contributed by atoms with E-state index in [-0.39, 0.29) is 18.9 Å². The molecule has 1 saturated heterocycles. The number of carbonyl (C=O) groups is 2. The fourth-order valence-electron chi connectivity index (χ4n) is 2.80. The Kier molecular flexibility index (Phi) is 2.97. The number of alkyl halides is 1. The van der Waals surface area contributed by atoms with Crippen molar-refractivity contribution in [2.24, 2.45) is 7.05 Å². The number of carbonyl (C=O) groups excluding carboxylic acids is 1. The highest BCUT2D eigenvalue weighted by Crippen LogP contribution is 2.29. The second-order valence-electron chi connectivity index (χ2n) is 5.42. The van der Waals surface area contributed by atoms with Gasteiger partial charge in [-0.05, 0) is 6.07 Å². The van der Waals surface area contributed by atoms with Crippen LogP contribution in [0.2, 0.25) is 0 Å². The van der Waals surface area contributed by atoms with Gasteiger partial charge in [-0.1, -0.05) is 18.2 Å². The molecule has 1 amide bonds. The van der Waals surface area contributed by atoms with Crippen LogP contribution in [0.15, 0.2) is 30.5 Å². The Labute approximate surface area is 120 Å². The number of likely N-dealkylation sites (tertiary alicyclic amines) is 1. The molecule has 3 rings (SSSR count). The molecule has 1 aromatic carbocycles. The molecule has 1 aliphatic heterocycles. The van der Waals surface area contributed by atoms with E-state index in [1.165, 1.54) is 4.90 Å². The van der Waals surface area contributed by atoms with Gasteiger partial charge in [0.2, 0.25) is 5.67 Å². The molecule has 1 unspecified atom stereocenters. The van der Waals surface area contributed by atoms with Crippen LogP contribution in [0.1, 0.15) is 16.8 Å². The van der Waals surface area contributed by atoms with Gasteiger partial charge in [-0.25, -0.2) is 9.18 Å². The van der Waals surface area contributed by atoms with Gasteiger partial charge in [0.25, 0.3) is 5.91 Å². The van der Waals surface area contributed by atoms with Gasteiger partial charge in [-0.2, -0.15) is 0 Å². The van der Waals surface area contributed by atoms with Crippen molar-refractivity contribution in [1.82, 2.24) is 9.47 Å². The number of carboxylic acid groups (broad SMARTS) is 1. The maximum absolute atomic E-state index is 14.1. The first-order valence-corrected chi connectivity index (χ1v) is 6.68. The molecule has 1 aliphatic rings. The SMILES string of the molecule is Cn1cc(C(=O)N2CCC(F)(C(=O)O)C2)c2ccccc21. The van der Waals surface area contributed by atoms with Crippen molar-refractivity contribution < 1.29 is 19.1 Å². The van der Waals surface area contributed by atoms with E-state index in [2.05, 4.69) is 0 Å². The summed E-state index contributed by atoms with van der Waals surface area (Å²) in [5.74, 6) is -1.83. The third kappa shape index (κ3) is 2.07. The number of amides is 1. The van der Waals surface area contributed by atoms with Crippen LogP contribution in [-0.2, 0) is 11.8 Å². The molecular weight excluding hydrogens is 275 g/mol. The lowest BCUT2D eigenvalue weighted by atomic mass is 10.1. The van der Waals surface area contributed by atoms with Crippen molar-refractivity contribution in [1.29, 1.82) is 0 Å². The third-order valence-electron chi connectivity index (χ3n) is 4.02. The molecule has 2 aromatic rings. The summed E-state index contributed by atoms with van der Waals surface area (Å²) in [6.45, 7) is -0.282. The van der Waals surface area contributed by atoms with Crippen LogP contribution in [-0.4, -0.2) is 45.2 Å². The van der Waals surface area contributed by atoms with Crippen molar-refractivity contribution in [2.75, 3.05) is 13.1 Å². The topological polar surface area (TPSA) is 62.5 Å². The number of para-hydroxylation sites is 1. The quantitative estimate of drug-likeness (QED) is 0.917. The lowest BCUT2D eigenvalue weighted by Crippen LogP contribution is -2.38. The van der Waals surface area contributed by atoms with E-state index in [1.807, 2.05) is 35.9 Å².